The van der Waals surface area contributed by atoms with Crippen LogP contribution in [0.4, 0.5) is 0 Å². The number of hydrogen-bond donors (Lipinski definition) is 1. The molecular weight excluding hydrogens is 210 g/mol. The largest absolute Gasteiger partial charge is 0.330 e. The van der Waals surface area contributed by atoms with Gasteiger partial charge in [-0.3, -0.25) is 0 Å². The van der Waals surface area contributed by atoms with Crippen LogP contribution in [0.25, 0.3) is 5.52 Å². The van der Waals surface area contributed by atoms with Gasteiger partial charge in [0.1, 0.15) is 5.82 Å². The van der Waals surface area contributed by atoms with E-state index in [1.165, 1.54) is 5.56 Å². The van der Waals surface area contributed by atoms with Crippen molar-refractivity contribution in [1.29, 1.82) is 0 Å². The lowest BCUT2D eigenvalue weighted by Crippen LogP contribution is -2.01. The second kappa shape index (κ2) is 4.21. The maximum Gasteiger partial charge on any atom is 0.155 e. The first-order chi connectivity index (χ1) is 7.24. The first kappa shape index (κ1) is 10.5. The molecule has 80 valence electrons. The molecule has 0 saturated carbocycles. The first-order valence-corrected chi connectivity index (χ1v) is 5.44. The summed E-state index contributed by atoms with van der Waals surface area (Å²) in [5, 5.41) is 0.583. The zero-order chi connectivity index (χ0) is 10.8. The Morgan fingerprint density at radius 1 is 1.53 bits per heavy atom. The summed E-state index contributed by atoms with van der Waals surface area (Å²) < 4.78 is 2.02. The number of rotatable bonds is 3. The number of nitrogens with two attached hydrogens (primary N) is 1. The highest BCUT2D eigenvalue weighted by Crippen LogP contribution is 2.22. The van der Waals surface area contributed by atoms with Crippen LogP contribution in [-0.4, -0.2) is 15.9 Å². The molecule has 0 aliphatic heterocycles. The van der Waals surface area contributed by atoms with E-state index < -0.39 is 0 Å². The minimum Gasteiger partial charge on any atom is -0.330 e. The van der Waals surface area contributed by atoms with Crippen molar-refractivity contribution in [3.05, 3.63) is 34.9 Å². The van der Waals surface area contributed by atoms with Crippen molar-refractivity contribution in [2.45, 2.75) is 19.8 Å². The van der Waals surface area contributed by atoms with Crippen LogP contribution in [0, 0.1) is 6.92 Å². The fraction of sp³-hybridized carbons (Fsp3) is 0.364. The van der Waals surface area contributed by atoms with Crippen molar-refractivity contribution < 1.29 is 0 Å². The SMILES string of the molecule is Cc1nc(Cl)c2c(CCCN)cccn12. The standard InChI is InChI=1S/C11H14ClN3/c1-8-14-11(12)10-9(4-2-6-13)5-3-7-15(8)10/h3,5,7H,2,4,6,13H2,1H3. The predicted octanol–water partition coefficient (Wildman–Crippen LogP) is 2.19. The van der Waals surface area contributed by atoms with Crippen LogP contribution in [0.15, 0.2) is 18.3 Å². The lowest BCUT2D eigenvalue weighted by Gasteiger charge is -2.04. The second-order valence-corrected chi connectivity index (χ2v) is 3.95. The van der Waals surface area contributed by atoms with Crippen LogP contribution in [0.5, 0.6) is 0 Å². The zero-order valence-electron chi connectivity index (χ0n) is 8.70. The summed E-state index contributed by atoms with van der Waals surface area (Å²) in [6.07, 6.45) is 3.90. The fourth-order valence-electron chi connectivity index (χ4n) is 1.80. The van der Waals surface area contributed by atoms with Gasteiger partial charge in [-0.25, -0.2) is 4.98 Å². The summed E-state index contributed by atoms with van der Waals surface area (Å²) >= 11 is 6.10. The molecule has 0 aliphatic rings. The summed E-state index contributed by atoms with van der Waals surface area (Å²) in [6.45, 7) is 2.65. The molecule has 2 aromatic rings. The molecule has 0 aliphatic carbocycles. The molecule has 0 aromatic carbocycles. The van der Waals surface area contributed by atoms with Gasteiger partial charge in [0.25, 0.3) is 0 Å². The number of imidazole rings is 1. The van der Waals surface area contributed by atoms with Crippen LogP contribution in [-0.2, 0) is 6.42 Å². The van der Waals surface area contributed by atoms with E-state index in [2.05, 4.69) is 11.1 Å². The Bertz CT molecular complexity index is 476. The summed E-state index contributed by atoms with van der Waals surface area (Å²) in [4.78, 5) is 4.26. The van der Waals surface area contributed by atoms with E-state index >= 15 is 0 Å². The maximum atomic E-state index is 6.10. The van der Waals surface area contributed by atoms with Gasteiger partial charge in [0.15, 0.2) is 5.15 Å². The third-order valence-corrected chi connectivity index (χ3v) is 2.80. The van der Waals surface area contributed by atoms with E-state index in [-0.39, 0.29) is 0 Å². The van der Waals surface area contributed by atoms with Crippen LogP contribution in [0.2, 0.25) is 5.15 Å². The van der Waals surface area contributed by atoms with Crippen LogP contribution in [0.1, 0.15) is 17.8 Å². The lowest BCUT2D eigenvalue weighted by atomic mass is 10.1. The number of aromatic nitrogens is 2. The molecular formula is C11H14ClN3. The molecule has 0 unspecified atom stereocenters. The summed E-state index contributed by atoms with van der Waals surface area (Å²) in [6, 6.07) is 4.10. The third-order valence-electron chi connectivity index (χ3n) is 2.53. The highest BCUT2D eigenvalue weighted by molar-refractivity contribution is 6.32. The third kappa shape index (κ3) is 1.85. The number of halogens is 1. The van der Waals surface area contributed by atoms with Gasteiger partial charge in [0.05, 0.1) is 5.52 Å². The van der Waals surface area contributed by atoms with Gasteiger partial charge >= 0.3 is 0 Å². The Labute approximate surface area is 93.9 Å². The Balaban J connectivity index is 2.54. The molecule has 0 amide bonds. The molecule has 2 N–H and O–H groups in total. The van der Waals surface area contributed by atoms with Gasteiger partial charge in [0.2, 0.25) is 0 Å². The number of nitrogens with zero attached hydrogens (tertiary/aromatic N) is 2. The minimum atomic E-state index is 0.583. The van der Waals surface area contributed by atoms with E-state index in [0.29, 0.717) is 11.7 Å². The quantitative estimate of drug-likeness (QED) is 0.867. The van der Waals surface area contributed by atoms with Gasteiger partial charge < -0.3 is 10.1 Å². The molecule has 2 heterocycles. The summed E-state index contributed by atoms with van der Waals surface area (Å²) in [5.74, 6) is 0.921. The first-order valence-electron chi connectivity index (χ1n) is 5.06. The lowest BCUT2D eigenvalue weighted by molar-refractivity contribution is 0.832. The zero-order valence-corrected chi connectivity index (χ0v) is 9.46. The van der Waals surface area contributed by atoms with Gasteiger partial charge in [-0.2, -0.15) is 0 Å². The molecule has 0 saturated heterocycles. The number of aryl methyl sites for hydroxylation is 2. The van der Waals surface area contributed by atoms with E-state index in [0.717, 1.165) is 24.2 Å². The Morgan fingerprint density at radius 3 is 3.07 bits per heavy atom. The average Bonchev–Trinajstić information content (AvgIpc) is 2.53. The van der Waals surface area contributed by atoms with Crippen molar-refractivity contribution in [3.63, 3.8) is 0 Å². The van der Waals surface area contributed by atoms with Crippen LogP contribution >= 0.6 is 11.6 Å². The monoisotopic (exact) mass is 223 g/mol. The van der Waals surface area contributed by atoms with Crippen molar-refractivity contribution in [3.8, 4) is 0 Å². The highest BCUT2D eigenvalue weighted by atomic mass is 35.5. The summed E-state index contributed by atoms with van der Waals surface area (Å²) in [7, 11) is 0. The van der Waals surface area contributed by atoms with Crippen molar-refractivity contribution in [2.24, 2.45) is 5.73 Å². The fourth-order valence-corrected chi connectivity index (χ4v) is 2.13. The maximum absolute atomic E-state index is 6.10. The Kier molecular flexibility index (Phi) is 2.93. The smallest absolute Gasteiger partial charge is 0.155 e. The number of hydrogen-bond acceptors (Lipinski definition) is 2. The van der Waals surface area contributed by atoms with Crippen LogP contribution < -0.4 is 5.73 Å². The second-order valence-electron chi connectivity index (χ2n) is 3.59. The number of fused-ring (bicyclic) bond motifs is 1. The molecule has 0 radical (unpaired) electrons. The topological polar surface area (TPSA) is 43.3 Å². The Hall–Kier alpha value is -1.06. The van der Waals surface area contributed by atoms with Crippen molar-refractivity contribution >= 4 is 17.1 Å². The molecule has 4 heteroatoms. The van der Waals surface area contributed by atoms with Gasteiger partial charge in [-0.05, 0) is 37.9 Å². The van der Waals surface area contributed by atoms with E-state index in [4.69, 9.17) is 17.3 Å². The van der Waals surface area contributed by atoms with Gasteiger partial charge in [0, 0.05) is 6.20 Å². The van der Waals surface area contributed by atoms with Gasteiger partial charge in [-0.15, -0.1) is 0 Å². The molecule has 0 spiro atoms. The van der Waals surface area contributed by atoms with E-state index in [1.54, 1.807) is 0 Å². The van der Waals surface area contributed by atoms with Gasteiger partial charge in [-0.1, -0.05) is 17.7 Å². The normalized spacial score (nSPS) is 11.1. The minimum absolute atomic E-state index is 0.583. The Morgan fingerprint density at radius 2 is 2.33 bits per heavy atom. The number of pyridine rings is 1. The van der Waals surface area contributed by atoms with Crippen molar-refractivity contribution in [2.75, 3.05) is 6.54 Å². The van der Waals surface area contributed by atoms with Crippen LogP contribution in [0.3, 0.4) is 0 Å². The molecule has 2 aromatic heterocycles. The van der Waals surface area contributed by atoms with Crippen molar-refractivity contribution in [1.82, 2.24) is 9.38 Å². The molecule has 15 heavy (non-hydrogen) atoms. The van der Waals surface area contributed by atoms with E-state index in [1.807, 2.05) is 23.6 Å². The molecule has 0 fully saturated rings. The average molecular weight is 224 g/mol. The summed E-state index contributed by atoms with van der Waals surface area (Å²) in [5.41, 5.74) is 7.74. The molecule has 3 nitrogen and oxygen atoms in total. The molecule has 0 bridgehead atoms. The highest BCUT2D eigenvalue weighted by Gasteiger charge is 2.09. The molecule has 0 atom stereocenters. The predicted molar refractivity (Wildman–Crippen MR) is 62.3 cm³/mol. The van der Waals surface area contributed by atoms with E-state index in [9.17, 15) is 0 Å². The molecule has 2 rings (SSSR count).